The second kappa shape index (κ2) is 14.7. The highest BCUT2D eigenvalue weighted by molar-refractivity contribution is 7.59. The normalized spacial score (nSPS) is 18.2. The van der Waals surface area contributed by atoms with E-state index < -0.39 is 0 Å². The maximum atomic E-state index is 13.9. The number of amides is 1. The minimum absolute atomic E-state index is 0. The number of hydrogen-bond donors (Lipinski definition) is 2. The third kappa shape index (κ3) is 7.65. The van der Waals surface area contributed by atoms with Gasteiger partial charge < -0.3 is 20.3 Å². The zero-order valence-corrected chi connectivity index (χ0v) is 25.7. The number of tetrazole rings is 1. The molecule has 0 unspecified atom stereocenters. The molecule has 3 aliphatic rings. The number of ether oxygens (including phenoxy) is 1. The van der Waals surface area contributed by atoms with Crippen molar-refractivity contribution in [2.75, 3.05) is 0 Å². The summed E-state index contributed by atoms with van der Waals surface area (Å²) in [5, 5.41) is 14.5. The van der Waals surface area contributed by atoms with Crippen LogP contribution in [0.4, 0.5) is 5.69 Å². The topological polar surface area (TPSA) is 139 Å². The molecule has 230 valence electrons. The zero-order valence-electron chi connectivity index (χ0n) is 24.7. The summed E-state index contributed by atoms with van der Waals surface area (Å²) in [4.78, 5) is 27.3. The van der Waals surface area contributed by atoms with Crippen LogP contribution in [0.2, 0.25) is 0 Å². The number of pyridine rings is 1. The molecule has 1 amide bonds. The van der Waals surface area contributed by atoms with E-state index in [9.17, 15) is 4.79 Å². The molecule has 11 nitrogen and oxygen atoms in total. The molecule has 6 rings (SSSR count). The van der Waals surface area contributed by atoms with Gasteiger partial charge >= 0.3 is 0 Å². The third-order valence-electron chi connectivity index (χ3n) is 9.06. The lowest BCUT2D eigenvalue weighted by Crippen LogP contribution is -2.50. The molecular weight excluding hydrogens is 562 g/mol. The van der Waals surface area contributed by atoms with Gasteiger partial charge in [-0.15, -0.1) is 10.2 Å². The summed E-state index contributed by atoms with van der Waals surface area (Å²) in [6.45, 7) is 1.01. The molecule has 1 atom stereocenters. The Morgan fingerprint density at radius 1 is 1.07 bits per heavy atom. The van der Waals surface area contributed by atoms with Gasteiger partial charge in [-0.2, -0.15) is 18.7 Å². The first kappa shape index (κ1) is 30.8. The van der Waals surface area contributed by atoms with E-state index in [-0.39, 0.29) is 31.5 Å². The Balaban J connectivity index is 0.00000368. The van der Waals surface area contributed by atoms with Gasteiger partial charge in [0.1, 0.15) is 5.75 Å². The number of nitrogens with zero attached hydrogens (tertiary/aromatic N) is 7. The van der Waals surface area contributed by atoms with Gasteiger partial charge in [0.15, 0.2) is 11.8 Å². The Labute approximate surface area is 260 Å². The molecule has 2 aromatic heterocycles. The van der Waals surface area contributed by atoms with Crippen LogP contribution < -0.4 is 10.5 Å². The molecule has 43 heavy (non-hydrogen) atoms. The van der Waals surface area contributed by atoms with Crippen LogP contribution in [0.1, 0.15) is 88.4 Å². The van der Waals surface area contributed by atoms with Crippen LogP contribution in [-0.4, -0.2) is 59.4 Å². The number of benzene rings is 1. The highest BCUT2D eigenvalue weighted by atomic mass is 32.1. The van der Waals surface area contributed by atoms with E-state index in [0.29, 0.717) is 43.1 Å². The minimum atomic E-state index is 0. The second-order valence-corrected chi connectivity index (χ2v) is 11.8. The van der Waals surface area contributed by atoms with Crippen LogP contribution in [0.3, 0.4) is 0 Å². The summed E-state index contributed by atoms with van der Waals surface area (Å²) in [5.41, 5.74) is 8.43. The summed E-state index contributed by atoms with van der Waals surface area (Å²) in [6, 6.07) is 12.0. The fourth-order valence-corrected chi connectivity index (χ4v) is 6.90. The zero-order chi connectivity index (χ0) is 28.7. The summed E-state index contributed by atoms with van der Waals surface area (Å²) < 4.78 is 6.01. The van der Waals surface area contributed by atoms with Crippen molar-refractivity contribution < 1.29 is 9.53 Å². The third-order valence-corrected chi connectivity index (χ3v) is 9.06. The van der Waals surface area contributed by atoms with Crippen molar-refractivity contribution in [2.24, 2.45) is 16.6 Å². The highest BCUT2D eigenvalue weighted by Crippen LogP contribution is 2.36. The van der Waals surface area contributed by atoms with Gasteiger partial charge in [-0.3, -0.25) is 4.79 Å². The first-order valence-electron chi connectivity index (χ1n) is 15.5. The number of carbonyl (C=O) groups is 1. The molecule has 0 spiro atoms. The highest BCUT2D eigenvalue weighted by Gasteiger charge is 2.34. The predicted molar refractivity (Wildman–Crippen MR) is 169 cm³/mol. The van der Waals surface area contributed by atoms with Crippen molar-refractivity contribution in [2.45, 2.75) is 102 Å². The molecule has 3 aromatic rings. The van der Waals surface area contributed by atoms with Crippen LogP contribution in [0.5, 0.6) is 11.6 Å². The summed E-state index contributed by atoms with van der Waals surface area (Å²) in [7, 11) is 0. The van der Waals surface area contributed by atoms with Gasteiger partial charge in [0, 0.05) is 36.7 Å². The number of para-hydroxylation sites is 1. The maximum Gasteiger partial charge on any atom is 0.223 e. The largest absolute Gasteiger partial charge is 0.439 e. The van der Waals surface area contributed by atoms with Crippen molar-refractivity contribution >= 4 is 31.0 Å². The average Bonchev–Trinajstić information content (AvgIpc) is 3.55. The van der Waals surface area contributed by atoms with E-state index in [1.165, 1.54) is 25.7 Å². The Morgan fingerprint density at radius 2 is 1.81 bits per heavy atom. The number of fused-ring (bicyclic) bond motifs is 1. The van der Waals surface area contributed by atoms with Crippen LogP contribution in [0, 0.1) is 5.92 Å². The summed E-state index contributed by atoms with van der Waals surface area (Å²) >= 11 is 0. The molecule has 3 heterocycles. The monoisotopic (exact) mass is 605 g/mol. The lowest BCUT2D eigenvalue weighted by atomic mass is 9.81. The predicted octanol–water partition coefficient (Wildman–Crippen LogP) is 5.35. The SMILES string of the molecule is NC1=Nc2cnc(Oc3ccccc3)cc2CN1[C@@H](CCC(=O)N(Cc1nn[nH]n1)C1CCCCC1)C1CCCCC1.S. The van der Waals surface area contributed by atoms with E-state index >= 15 is 0 Å². The number of aromatic amines is 1. The van der Waals surface area contributed by atoms with Crippen molar-refractivity contribution in [3.8, 4) is 11.6 Å². The number of hydrogen-bond acceptors (Lipinski definition) is 9. The standard InChI is InChI=1S/C31H41N9O2.H2S/c32-31-34-26-19-33-29(42-25-14-8-3-9-15-25)18-23(26)20-40(31)27(22-10-4-1-5-11-22)16-17-30(41)39(21-28-35-37-38-36-28)24-12-6-2-7-13-24;/h3,8-9,14-15,18-19,22,24,27H,1-2,4-7,10-13,16-17,20-21H2,(H2,32,34)(H,35,36,37,38);1H2/t27-;/m0./s1. The van der Waals surface area contributed by atoms with E-state index in [1.54, 1.807) is 6.20 Å². The Hall–Kier alpha value is -3.67. The number of nitrogens with one attached hydrogen (secondary N) is 1. The van der Waals surface area contributed by atoms with Crippen molar-refractivity contribution in [1.82, 2.24) is 35.4 Å². The molecule has 0 saturated heterocycles. The van der Waals surface area contributed by atoms with E-state index in [2.05, 4.69) is 30.5 Å². The van der Waals surface area contributed by atoms with Crippen LogP contribution >= 0.6 is 13.5 Å². The Morgan fingerprint density at radius 3 is 2.53 bits per heavy atom. The number of aliphatic imine (C=N–C) groups is 1. The number of guanidine groups is 1. The molecule has 0 bridgehead atoms. The molecular formula is C31H43N9O2S. The van der Waals surface area contributed by atoms with Crippen molar-refractivity contribution in [1.29, 1.82) is 0 Å². The fourth-order valence-electron chi connectivity index (χ4n) is 6.90. The number of carbonyl (C=O) groups excluding carboxylic acids is 1. The molecule has 2 fully saturated rings. The van der Waals surface area contributed by atoms with Gasteiger partial charge in [-0.05, 0) is 50.2 Å². The smallest absolute Gasteiger partial charge is 0.223 e. The Bertz CT molecular complexity index is 1340. The van der Waals surface area contributed by atoms with Gasteiger partial charge in [-0.25, -0.2) is 9.98 Å². The molecule has 1 aromatic carbocycles. The molecule has 0 radical (unpaired) electrons. The first-order valence-corrected chi connectivity index (χ1v) is 15.5. The fraction of sp³-hybridized carbons (Fsp3) is 0.548. The lowest BCUT2D eigenvalue weighted by Gasteiger charge is -2.41. The summed E-state index contributed by atoms with van der Waals surface area (Å²) in [6.07, 6.45) is 14.5. The van der Waals surface area contributed by atoms with E-state index in [4.69, 9.17) is 15.5 Å². The number of H-pyrrole nitrogens is 1. The maximum absolute atomic E-state index is 13.9. The molecule has 12 heteroatoms. The second-order valence-electron chi connectivity index (χ2n) is 11.8. The van der Waals surface area contributed by atoms with Gasteiger partial charge in [0.05, 0.1) is 18.4 Å². The van der Waals surface area contributed by atoms with Gasteiger partial charge in [0.25, 0.3) is 0 Å². The first-order chi connectivity index (χ1) is 20.6. The molecule has 2 saturated carbocycles. The van der Waals surface area contributed by atoms with Crippen molar-refractivity contribution in [3.63, 3.8) is 0 Å². The number of rotatable bonds is 10. The van der Waals surface area contributed by atoms with E-state index in [1.807, 2.05) is 41.3 Å². The number of nitrogens with two attached hydrogens (primary N) is 1. The molecule has 2 aliphatic carbocycles. The van der Waals surface area contributed by atoms with Gasteiger partial charge in [0.2, 0.25) is 11.8 Å². The van der Waals surface area contributed by atoms with E-state index in [0.717, 1.165) is 61.9 Å². The minimum Gasteiger partial charge on any atom is -0.439 e. The average molecular weight is 606 g/mol. The number of aromatic nitrogens is 5. The van der Waals surface area contributed by atoms with Crippen LogP contribution in [0.15, 0.2) is 47.6 Å². The van der Waals surface area contributed by atoms with Gasteiger partial charge in [-0.1, -0.05) is 61.9 Å². The van der Waals surface area contributed by atoms with Crippen molar-refractivity contribution in [3.05, 3.63) is 54.0 Å². The quantitative estimate of drug-likeness (QED) is 0.315. The van der Waals surface area contributed by atoms with Crippen LogP contribution in [0.25, 0.3) is 0 Å². The lowest BCUT2D eigenvalue weighted by molar-refractivity contribution is -0.135. The summed E-state index contributed by atoms with van der Waals surface area (Å²) in [5.74, 6) is 2.95. The molecule has 3 N–H and O–H groups in total. The Kier molecular flexibility index (Phi) is 10.5. The molecule has 1 aliphatic heterocycles. The van der Waals surface area contributed by atoms with Crippen LogP contribution in [-0.2, 0) is 17.9 Å².